The van der Waals surface area contributed by atoms with E-state index in [1.807, 2.05) is 37.2 Å². The molecule has 0 aromatic heterocycles. The number of likely N-dealkylation sites (N-methyl/N-ethyl adjacent to an activating group) is 1. The van der Waals surface area contributed by atoms with E-state index < -0.39 is 0 Å². The van der Waals surface area contributed by atoms with Gasteiger partial charge in [0.2, 0.25) is 0 Å². The Morgan fingerprint density at radius 2 is 1.74 bits per heavy atom. The summed E-state index contributed by atoms with van der Waals surface area (Å²) in [4.78, 5) is 16.8. The third kappa shape index (κ3) is 3.84. The summed E-state index contributed by atoms with van der Waals surface area (Å²) in [6, 6.07) is 11.3. The molecule has 2 aromatic carbocycles. The summed E-state index contributed by atoms with van der Waals surface area (Å²) < 4.78 is 0. The largest absolute Gasteiger partial charge is 0.507 e. The zero-order chi connectivity index (χ0) is 19.7. The Labute approximate surface area is 160 Å². The minimum absolute atomic E-state index is 0.0222. The van der Waals surface area contributed by atoms with Crippen molar-refractivity contribution < 1.29 is 15.0 Å². The fraction of sp³-hybridized carbons (Fsp3) is 0.409. The first-order valence-corrected chi connectivity index (χ1v) is 9.33. The highest BCUT2D eigenvalue weighted by Gasteiger charge is 2.27. The molecule has 0 radical (unpaired) electrons. The van der Waals surface area contributed by atoms with E-state index in [0.717, 1.165) is 22.3 Å². The molecule has 1 unspecified atom stereocenters. The number of fused-ring (bicyclic) bond motifs is 1. The van der Waals surface area contributed by atoms with E-state index in [-0.39, 0.29) is 30.2 Å². The van der Waals surface area contributed by atoms with Crippen molar-refractivity contribution in [3.63, 3.8) is 0 Å². The number of phenols is 1. The first-order chi connectivity index (χ1) is 12.8. The number of rotatable bonds is 5. The van der Waals surface area contributed by atoms with Crippen molar-refractivity contribution >= 4 is 5.91 Å². The zero-order valence-electron chi connectivity index (χ0n) is 16.4. The lowest BCUT2D eigenvalue weighted by atomic mass is 10.00. The Hall–Kier alpha value is -2.37. The number of aromatic hydroxyl groups is 1. The van der Waals surface area contributed by atoms with Gasteiger partial charge in [0.15, 0.2) is 0 Å². The summed E-state index contributed by atoms with van der Waals surface area (Å²) in [5, 5.41) is 19.8. The number of phenolic OH excluding ortho intramolecular Hbond substituents is 1. The summed E-state index contributed by atoms with van der Waals surface area (Å²) >= 11 is 0. The molecule has 0 fully saturated rings. The summed E-state index contributed by atoms with van der Waals surface area (Å²) in [6.45, 7) is 5.22. The number of carbonyl (C=O) groups excluding carboxylic acids is 1. The van der Waals surface area contributed by atoms with Gasteiger partial charge in [-0.2, -0.15) is 0 Å². The van der Waals surface area contributed by atoms with Crippen LogP contribution in [-0.4, -0.2) is 46.6 Å². The lowest BCUT2D eigenvalue weighted by Crippen LogP contribution is -2.25. The van der Waals surface area contributed by atoms with Crippen molar-refractivity contribution in [3.05, 3.63) is 64.2 Å². The lowest BCUT2D eigenvalue weighted by Gasteiger charge is -2.23. The van der Waals surface area contributed by atoms with Gasteiger partial charge in [0.1, 0.15) is 5.75 Å². The second-order valence-corrected chi connectivity index (χ2v) is 7.78. The van der Waals surface area contributed by atoms with Crippen molar-refractivity contribution in [2.24, 2.45) is 0 Å². The zero-order valence-corrected chi connectivity index (χ0v) is 16.4. The Morgan fingerprint density at radius 1 is 1.07 bits per heavy atom. The van der Waals surface area contributed by atoms with Gasteiger partial charge in [-0.1, -0.05) is 38.1 Å². The van der Waals surface area contributed by atoms with Crippen molar-refractivity contribution in [2.45, 2.75) is 38.9 Å². The Kier molecular flexibility index (Phi) is 5.53. The van der Waals surface area contributed by atoms with Crippen LogP contribution in [0.1, 0.15) is 58.4 Å². The summed E-state index contributed by atoms with van der Waals surface area (Å²) in [5.74, 6) is 0.157. The molecule has 1 aliphatic rings. The molecule has 1 atom stereocenters. The highest BCUT2D eigenvalue weighted by molar-refractivity contribution is 5.97. The van der Waals surface area contributed by atoms with Crippen LogP contribution >= 0.6 is 0 Å². The summed E-state index contributed by atoms with van der Waals surface area (Å²) in [7, 11) is 3.88. The summed E-state index contributed by atoms with van der Waals surface area (Å²) in [5.41, 5.74) is 4.64. The van der Waals surface area contributed by atoms with Crippen molar-refractivity contribution in [1.82, 2.24) is 9.80 Å². The topological polar surface area (TPSA) is 64.0 Å². The van der Waals surface area contributed by atoms with Crippen LogP contribution in [0.5, 0.6) is 5.75 Å². The predicted molar refractivity (Wildman–Crippen MR) is 106 cm³/mol. The molecular formula is C22H28N2O3. The van der Waals surface area contributed by atoms with E-state index in [9.17, 15) is 15.0 Å². The second-order valence-electron chi connectivity index (χ2n) is 7.78. The van der Waals surface area contributed by atoms with Gasteiger partial charge in [-0.05, 0) is 54.4 Å². The maximum atomic E-state index is 13.0. The average Bonchev–Trinajstić information content (AvgIpc) is 3.05. The monoisotopic (exact) mass is 368 g/mol. The molecular weight excluding hydrogens is 340 g/mol. The SMILES string of the molecule is CC(C)c1ccc(O)c(C(=O)N2Cc3ccc(C(CO)N(C)C)cc3C2)c1. The molecule has 1 amide bonds. The van der Waals surface area contributed by atoms with Crippen LogP contribution in [0.15, 0.2) is 36.4 Å². The van der Waals surface area contributed by atoms with Gasteiger partial charge < -0.3 is 20.0 Å². The lowest BCUT2D eigenvalue weighted by molar-refractivity contribution is 0.0748. The number of amides is 1. The van der Waals surface area contributed by atoms with Crippen LogP contribution < -0.4 is 0 Å². The molecule has 5 nitrogen and oxygen atoms in total. The standard InChI is InChI=1S/C22H28N2O3/c1-14(2)15-7-8-21(26)19(10-15)22(27)24-11-17-6-5-16(9-18(17)12-24)20(13-25)23(3)4/h5-10,14,20,25-26H,11-13H2,1-4H3. The maximum absolute atomic E-state index is 13.0. The molecule has 2 N–H and O–H groups in total. The fourth-order valence-corrected chi connectivity index (χ4v) is 3.59. The van der Waals surface area contributed by atoms with Gasteiger partial charge in [0.25, 0.3) is 5.91 Å². The van der Waals surface area contributed by atoms with E-state index in [1.165, 1.54) is 0 Å². The van der Waals surface area contributed by atoms with Gasteiger partial charge in [-0.15, -0.1) is 0 Å². The molecule has 0 saturated heterocycles. The van der Waals surface area contributed by atoms with Crippen LogP contribution in [-0.2, 0) is 13.1 Å². The highest BCUT2D eigenvalue weighted by atomic mass is 16.3. The molecule has 1 heterocycles. The second kappa shape index (κ2) is 7.71. The van der Waals surface area contributed by atoms with E-state index in [4.69, 9.17) is 0 Å². The Balaban J connectivity index is 1.84. The normalized spacial score (nSPS) is 14.7. The van der Waals surface area contributed by atoms with Crippen LogP contribution in [0.25, 0.3) is 0 Å². The number of aliphatic hydroxyl groups excluding tert-OH is 1. The molecule has 1 aliphatic heterocycles. The Morgan fingerprint density at radius 3 is 2.37 bits per heavy atom. The van der Waals surface area contributed by atoms with Gasteiger partial charge in [0, 0.05) is 13.1 Å². The van der Waals surface area contributed by atoms with Crippen LogP contribution in [0.2, 0.25) is 0 Å². The van der Waals surface area contributed by atoms with Crippen LogP contribution in [0, 0.1) is 0 Å². The number of hydrogen-bond acceptors (Lipinski definition) is 4. The van der Waals surface area contributed by atoms with E-state index in [2.05, 4.69) is 19.9 Å². The van der Waals surface area contributed by atoms with Crippen LogP contribution in [0.3, 0.4) is 0 Å². The minimum atomic E-state index is -0.154. The number of carbonyl (C=O) groups is 1. The van der Waals surface area contributed by atoms with E-state index >= 15 is 0 Å². The maximum Gasteiger partial charge on any atom is 0.258 e. The summed E-state index contributed by atoms with van der Waals surface area (Å²) in [6.07, 6.45) is 0. The molecule has 0 saturated carbocycles. The molecule has 0 aliphatic carbocycles. The predicted octanol–water partition coefficient (Wildman–Crippen LogP) is 3.27. The average molecular weight is 368 g/mol. The fourth-order valence-electron chi connectivity index (χ4n) is 3.59. The molecule has 0 spiro atoms. The molecule has 5 heteroatoms. The molecule has 27 heavy (non-hydrogen) atoms. The molecule has 144 valence electrons. The number of benzene rings is 2. The molecule has 3 rings (SSSR count). The van der Waals surface area contributed by atoms with Gasteiger partial charge in [-0.25, -0.2) is 0 Å². The van der Waals surface area contributed by atoms with Crippen molar-refractivity contribution in [3.8, 4) is 5.75 Å². The van der Waals surface area contributed by atoms with E-state index in [0.29, 0.717) is 18.7 Å². The highest BCUT2D eigenvalue weighted by Crippen LogP contribution is 2.31. The quantitative estimate of drug-likeness (QED) is 0.850. The van der Waals surface area contributed by atoms with Crippen LogP contribution in [0.4, 0.5) is 0 Å². The number of nitrogens with zero attached hydrogens (tertiary/aromatic N) is 2. The van der Waals surface area contributed by atoms with Crippen molar-refractivity contribution in [2.75, 3.05) is 20.7 Å². The van der Waals surface area contributed by atoms with Gasteiger partial charge >= 0.3 is 0 Å². The van der Waals surface area contributed by atoms with Crippen molar-refractivity contribution in [1.29, 1.82) is 0 Å². The van der Waals surface area contributed by atoms with Gasteiger partial charge in [0.05, 0.1) is 18.2 Å². The van der Waals surface area contributed by atoms with Gasteiger partial charge in [-0.3, -0.25) is 4.79 Å². The number of hydrogen-bond donors (Lipinski definition) is 2. The third-order valence-corrected chi connectivity index (χ3v) is 5.34. The van der Waals surface area contributed by atoms with E-state index in [1.54, 1.807) is 17.0 Å². The first-order valence-electron chi connectivity index (χ1n) is 9.33. The minimum Gasteiger partial charge on any atom is -0.507 e. The Bertz CT molecular complexity index is 845. The molecule has 2 aromatic rings. The molecule has 0 bridgehead atoms. The number of aliphatic hydroxyl groups is 1. The first kappa shape index (κ1) is 19.4. The smallest absolute Gasteiger partial charge is 0.258 e. The third-order valence-electron chi connectivity index (χ3n) is 5.34.